The first-order chi connectivity index (χ1) is 11.7. The fourth-order valence-corrected chi connectivity index (χ4v) is 3.37. The number of nitrogens with two attached hydrogens (primary N) is 1. The van der Waals surface area contributed by atoms with E-state index in [1.807, 2.05) is 24.3 Å². The number of hydrogen-bond donors (Lipinski definition) is 2. The molecule has 0 aromatic heterocycles. The largest absolute Gasteiger partial charge is 0.323 e. The average Bonchev–Trinajstić information content (AvgIpc) is 2.60. The van der Waals surface area contributed by atoms with E-state index in [1.54, 1.807) is 6.07 Å². The maximum absolute atomic E-state index is 13.3. The van der Waals surface area contributed by atoms with Gasteiger partial charge in [-0.3, -0.25) is 0 Å². The second-order valence-electron chi connectivity index (χ2n) is 6.03. The Morgan fingerprint density at radius 1 is 1.15 bits per heavy atom. The van der Waals surface area contributed by atoms with E-state index in [9.17, 15) is 12.8 Å². The molecule has 0 aliphatic heterocycles. The maximum atomic E-state index is 13.3. The number of benzene rings is 2. The fraction of sp³-hybridized carbons (Fsp3) is 0.278. The summed E-state index contributed by atoms with van der Waals surface area (Å²) in [5.41, 5.74) is 7.71. The predicted molar refractivity (Wildman–Crippen MR) is 101 cm³/mol. The van der Waals surface area contributed by atoms with Crippen molar-refractivity contribution in [2.24, 2.45) is 5.73 Å². The van der Waals surface area contributed by atoms with Crippen molar-refractivity contribution < 1.29 is 12.8 Å². The van der Waals surface area contributed by atoms with Crippen LogP contribution in [0.2, 0.25) is 0 Å². The summed E-state index contributed by atoms with van der Waals surface area (Å²) >= 11 is 0. The van der Waals surface area contributed by atoms with Crippen LogP contribution in [-0.2, 0) is 10.0 Å². The van der Waals surface area contributed by atoms with Crippen molar-refractivity contribution in [3.63, 3.8) is 0 Å². The van der Waals surface area contributed by atoms with Gasteiger partial charge in [-0.1, -0.05) is 38.1 Å². The quantitative estimate of drug-likeness (QED) is 0.782. The van der Waals surface area contributed by atoms with Crippen molar-refractivity contribution in [3.8, 4) is 6.07 Å². The van der Waals surface area contributed by atoms with Crippen LogP contribution in [0.25, 0.3) is 0 Å². The number of nitrogens with one attached hydrogen (secondary N) is 1. The van der Waals surface area contributed by atoms with E-state index in [0.29, 0.717) is 5.92 Å². The lowest BCUT2D eigenvalue weighted by molar-refractivity contribution is 0.571. The van der Waals surface area contributed by atoms with E-state index in [4.69, 9.17) is 11.0 Å². The van der Waals surface area contributed by atoms with Crippen LogP contribution in [0.15, 0.2) is 47.4 Å². The van der Waals surface area contributed by atoms with Crippen LogP contribution in [0.5, 0.6) is 0 Å². The summed E-state index contributed by atoms with van der Waals surface area (Å²) in [4.78, 5) is -0.173. The van der Waals surface area contributed by atoms with Crippen LogP contribution in [-0.4, -0.2) is 15.0 Å². The molecule has 2 aromatic rings. The lowest BCUT2D eigenvalue weighted by Gasteiger charge is -2.15. The molecule has 3 N–H and O–H groups in total. The normalized spacial score (nSPS) is 12.3. The Kier molecular flexibility index (Phi) is 7.72. The molecule has 0 saturated heterocycles. The number of hydrogen-bond acceptors (Lipinski definition) is 4. The summed E-state index contributed by atoms with van der Waals surface area (Å²) in [6, 6.07) is 11.9. The molecule has 0 spiro atoms. The first kappa shape index (κ1) is 22.1. The van der Waals surface area contributed by atoms with Gasteiger partial charge in [0.15, 0.2) is 0 Å². The van der Waals surface area contributed by atoms with Gasteiger partial charge in [-0.15, -0.1) is 12.4 Å². The number of nitrogens with zero attached hydrogens (tertiary/aromatic N) is 1. The van der Waals surface area contributed by atoms with Crippen LogP contribution >= 0.6 is 12.4 Å². The molecule has 8 heteroatoms. The smallest absolute Gasteiger partial charge is 0.240 e. The van der Waals surface area contributed by atoms with E-state index in [1.165, 1.54) is 5.56 Å². The summed E-state index contributed by atoms with van der Waals surface area (Å²) in [6.07, 6.45) is 0. The van der Waals surface area contributed by atoms with Gasteiger partial charge in [0, 0.05) is 12.6 Å². The molecular weight excluding hydrogens is 377 g/mol. The van der Waals surface area contributed by atoms with E-state index in [0.717, 1.165) is 23.8 Å². The molecule has 0 aliphatic carbocycles. The Morgan fingerprint density at radius 3 is 2.27 bits per heavy atom. The van der Waals surface area contributed by atoms with Crippen LogP contribution in [0.4, 0.5) is 4.39 Å². The van der Waals surface area contributed by atoms with E-state index in [-0.39, 0.29) is 29.4 Å². The van der Waals surface area contributed by atoms with Gasteiger partial charge in [-0.2, -0.15) is 5.26 Å². The monoisotopic (exact) mass is 397 g/mol. The number of halogens is 2. The van der Waals surface area contributed by atoms with Gasteiger partial charge < -0.3 is 5.73 Å². The lowest BCUT2D eigenvalue weighted by Crippen LogP contribution is -2.32. The molecule has 0 radical (unpaired) electrons. The standard InChI is InChI=1S/C18H20FN3O2S.ClH/c1-12(2)13-3-5-14(6-4-13)18(21)11-22-25(23,24)16-7-8-17(19)15(9-16)10-20;/h3-9,12,18,22H,11,21H2,1-2H3;1H. The molecule has 5 nitrogen and oxygen atoms in total. The molecule has 0 bridgehead atoms. The minimum atomic E-state index is -3.88. The summed E-state index contributed by atoms with van der Waals surface area (Å²) < 4.78 is 40.3. The molecule has 0 saturated carbocycles. The predicted octanol–water partition coefficient (Wildman–Crippen LogP) is 3.22. The molecule has 0 fully saturated rings. The van der Waals surface area contributed by atoms with Crippen LogP contribution in [0.3, 0.4) is 0 Å². The van der Waals surface area contributed by atoms with Gasteiger partial charge in [-0.05, 0) is 35.2 Å². The lowest BCUT2D eigenvalue weighted by atomic mass is 9.99. The van der Waals surface area contributed by atoms with E-state index < -0.39 is 21.9 Å². The highest BCUT2D eigenvalue weighted by Gasteiger charge is 2.18. The number of sulfonamides is 1. The topological polar surface area (TPSA) is 96.0 Å². The first-order valence-electron chi connectivity index (χ1n) is 7.79. The molecule has 0 amide bonds. The second-order valence-corrected chi connectivity index (χ2v) is 7.80. The highest BCUT2D eigenvalue weighted by molar-refractivity contribution is 7.89. The molecule has 2 aromatic carbocycles. The summed E-state index contributed by atoms with van der Waals surface area (Å²) in [5.74, 6) is -0.361. The third-order valence-electron chi connectivity index (χ3n) is 3.89. The molecule has 140 valence electrons. The van der Waals surface area contributed by atoms with Gasteiger partial charge in [0.25, 0.3) is 0 Å². The zero-order valence-electron chi connectivity index (χ0n) is 14.4. The molecular formula is C18H21ClFN3O2S. The van der Waals surface area contributed by atoms with Crippen molar-refractivity contribution in [1.82, 2.24) is 4.72 Å². The average molecular weight is 398 g/mol. The molecule has 26 heavy (non-hydrogen) atoms. The van der Waals surface area contributed by atoms with Crippen molar-refractivity contribution >= 4 is 22.4 Å². The van der Waals surface area contributed by atoms with E-state index in [2.05, 4.69) is 18.6 Å². The molecule has 1 unspecified atom stereocenters. The minimum absolute atomic E-state index is 0. The Balaban J connectivity index is 0.00000338. The van der Waals surface area contributed by atoms with Crippen LogP contribution < -0.4 is 10.5 Å². The van der Waals surface area contributed by atoms with E-state index >= 15 is 0 Å². The van der Waals surface area contributed by atoms with Crippen molar-refractivity contribution in [3.05, 3.63) is 65.0 Å². The summed E-state index contributed by atoms with van der Waals surface area (Å²) in [6.45, 7) is 4.16. The van der Waals surface area contributed by atoms with Gasteiger partial charge in [0.2, 0.25) is 10.0 Å². The zero-order valence-corrected chi connectivity index (χ0v) is 16.1. The second kappa shape index (κ2) is 9.10. The van der Waals surface area contributed by atoms with Gasteiger partial charge in [0.05, 0.1) is 10.5 Å². The summed E-state index contributed by atoms with van der Waals surface area (Å²) in [5, 5.41) is 8.81. The number of nitriles is 1. The van der Waals surface area contributed by atoms with Crippen LogP contribution in [0, 0.1) is 17.1 Å². The maximum Gasteiger partial charge on any atom is 0.240 e. The third-order valence-corrected chi connectivity index (χ3v) is 5.31. The molecule has 0 heterocycles. The van der Waals surface area contributed by atoms with Gasteiger partial charge >= 0.3 is 0 Å². The molecule has 2 rings (SSSR count). The molecule has 0 aliphatic rings. The minimum Gasteiger partial charge on any atom is -0.323 e. The summed E-state index contributed by atoms with van der Waals surface area (Å²) in [7, 11) is -3.88. The highest BCUT2D eigenvalue weighted by atomic mass is 35.5. The first-order valence-corrected chi connectivity index (χ1v) is 9.27. The van der Waals surface area contributed by atoms with Gasteiger partial charge in [-0.25, -0.2) is 17.5 Å². The Hall–Kier alpha value is -1.98. The Morgan fingerprint density at radius 2 is 1.73 bits per heavy atom. The number of rotatable bonds is 6. The fourth-order valence-electron chi connectivity index (χ4n) is 2.29. The van der Waals surface area contributed by atoms with Crippen molar-refractivity contribution in [2.75, 3.05) is 6.54 Å². The Labute approximate surface area is 159 Å². The van der Waals surface area contributed by atoms with Gasteiger partial charge in [0.1, 0.15) is 11.9 Å². The SMILES string of the molecule is CC(C)c1ccc(C(N)CNS(=O)(=O)c2ccc(F)c(C#N)c2)cc1.Cl. The van der Waals surface area contributed by atoms with Crippen LogP contribution in [0.1, 0.15) is 42.5 Å². The zero-order chi connectivity index (χ0) is 18.6. The molecule has 1 atom stereocenters. The third kappa shape index (κ3) is 5.26. The van der Waals surface area contributed by atoms with Crippen molar-refractivity contribution in [2.45, 2.75) is 30.7 Å². The Bertz CT molecular complexity index is 894. The van der Waals surface area contributed by atoms with Crippen molar-refractivity contribution in [1.29, 1.82) is 5.26 Å². The highest BCUT2D eigenvalue weighted by Crippen LogP contribution is 2.18.